The minimum Gasteiger partial charge on any atom is -0.497 e. The molecule has 3 N–H and O–H groups in total. The number of guanidine groups is 1. The second-order valence-electron chi connectivity index (χ2n) is 6.13. The Kier molecular flexibility index (Phi) is 6.41. The molecule has 0 atom stereocenters. The van der Waals surface area contributed by atoms with Crippen LogP contribution in [0.4, 0.5) is 0 Å². The predicted octanol–water partition coefficient (Wildman–Crippen LogP) is 4.21. The Balaban J connectivity index is 1.77. The fourth-order valence-electron chi connectivity index (χ4n) is 2.67. The van der Waals surface area contributed by atoms with Crippen LogP contribution >= 0.6 is 23.2 Å². The smallest absolute Gasteiger partial charge is 0.263 e. The number of benzene rings is 2. The molecule has 0 fully saturated rings. The zero-order valence-electron chi connectivity index (χ0n) is 15.7. The maximum atomic E-state index is 12.7. The Morgan fingerprint density at radius 2 is 1.86 bits per heavy atom. The maximum Gasteiger partial charge on any atom is 0.263 e. The summed E-state index contributed by atoms with van der Waals surface area (Å²) in [5.41, 5.74) is 8.02. The fourth-order valence-corrected chi connectivity index (χ4v) is 3.24. The van der Waals surface area contributed by atoms with Crippen LogP contribution in [0.5, 0.6) is 5.75 Å². The van der Waals surface area contributed by atoms with Crippen molar-refractivity contribution in [3.63, 3.8) is 0 Å². The van der Waals surface area contributed by atoms with Crippen molar-refractivity contribution in [3.05, 3.63) is 69.3 Å². The molecular weight excluding hydrogens is 415 g/mol. The Morgan fingerprint density at radius 3 is 2.48 bits per heavy atom. The number of nitrogens with one attached hydrogen (secondary N) is 1. The molecule has 0 saturated carbocycles. The number of nitrogens with two attached hydrogens (primary N) is 1. The number of hydrogen-bond acceptors (Lipinski definition) is 5. The monoisotopic (exact) mass is 432 g/mol. The van der Waals surface area contributed by atoms with Gasteiger partial charge in [0.15, 0.2) is 11.7 Å². The van der Waals surface area contributed by atoms with E-state index in [4.69, 9.17) is 38.2 Å². The van der Waals surface area contributed by atoms with Crippen LogP contribution < -0.4 is 15.8 Å². The summed E-state index contributed by atoms with van der Waals surface area (Å²) in [6.45, 7) is 1.88. The lowest BCUT2D eigenvalue weighted by atomic mass is 10.1. The number of aliphatic imine (C=N–C) groups is 1. The molecule has 7 nitrogen and oxygen atoms in total. The first-order valence-corrected chi connectivity index (χ1v) is 9.30. The molecular formula is C20H18Cl2N4O3. The zero-order valence-corrected chi connectivity index (χ0v) is 17.2. The number of methoxy groups -OCH3 is 1. The summed E-state index contributed by atoms with van der Waals surface area (Å²) in [7, 11) is 1.58. The van der Waals surface area contributed by atoms with Crippen molar-refractivity contribution in [1.29, 1.82) is 0 Å². The summed E-state index contributed by atoms with van der Waals surface area (Å²) in [5, 5.41) is 7.44. The summed E-state index contributed by atoms with van der Waals surface area (Å²) < 4.78 is 10.5. The summed E-state index contributed by atoms with van der Waals surface area (Å²) in [6, 6.07) is 12.1. The average Bonchev–Trinajstić information content (AvgIpc) is 3.07. The molecule has 0 bridgehead atoms. The molecule has 9 heteroatoms. The molecule has 0 saturated heterocycles. The molecule has 1 amide bonds. The number of carbonyl (C=O) groups excluding carboxylic acids is 1. The van der Waals surface area contributed by atoms with Crippen LogP contribution in [0.2, 0.25) is 10.0 Å². The topological polar surface area (TPSA) is 103 Å². The first kappa shape index (κ1) is 20.7. The van der Waals surface area contributed by atoms with Crippen LogP contribution in [-0.4, -0.2) is 24.1 Å². The predicted molar refractivity (Wildman–Crippen MR) is 112 cm³/mol. The summed E-state index contributed by atoms with van der Waals surface area (Å²) in [4.78, 5) is 16.9. The van der Waals surface area contributed by atoms with Crippen molar-refractivity contribution in [3.8, 4) is 17.1 Å². The van der Waals surface area contributed by atoms with Gasteiger partial charge in [0.05, 0.1) is 19.3 Å². The zero-order chi connectivity index (χ0) is 21.0. The third-order valence-electron chi connectivity index (χ3n) is 4.04. The molecule has 1 heterocycles. The van der Waals surface area contributed by atoms with Crippen LogP contribution in [-0.2, 0) is 6.54 Å². The van der Waals surface area contributed by atoms with Crippen LogP contribution in [0.15, 0.2) is 52.0 Å². The van der Waals surface area contributed by atoms with Crippen molar-refractivity contribution >= 4 is 35.1 Å². The van der Waals surface area contributed by atoms with E-state index in [-0.39, 0.29) is 18.1 Å². The van der Waals surface area contributed by atoms with E-state index in [1.54, 1.807) is 56.5 Å². The quantitative estimate of drug-likeness (QED) is 0.464. The summed E-state index contributed by atoms with van der Waals surface area (Å²) >= 11 is 11.9. The van der Waals surface area contributed by atoms with E-state index in [2.05, 4.69) is 15.5 Å². The average molecular weight is 433 g/mol. The Bertz CT molecular complexity index is 1040. The van der Waals surface area contributed by atoms with Gasteiger partial charge in [-0.05, 0) is 55.0 Å². The van der Waals surface area contributed by atoms with Crippen LogP contribution in [0.25, 0.3) is 11.3 Å². The molecule has 2 aromatic carbocycles. The molecule has 1 aromatic heterocycles. The minimum absolute atomic E-state index is 0.0487. The van der Waals surface area contributed by atoms with Crippen molar-refractivity contribution in [2.45, 2.75) is 13.5 Å². The van der Waals surface area contributed by atoms with E-state index in [1.165, 1.54) is 0 Å². The highest BCUT2D eigenvalue weighted by molar-refractivity contribution is 6.34. The number of aromatic nitrogens is 1. The van der Waals surface area contributed by atoms with Gasteiger partial charge in [-0.25, -0.2) is 4.99 Å². The second-order valence-corrected chi connectivity index (χ2v) is 7.01. The number of carbonyl (C=O) groups is 1. The van der Waals surface area contributed by atoms with E-state index < -0.39 is 5.91 Å². The molecule has 0 spiro atoms. The van der Waals surface area contributed by atoms with Gasteiger partial charge in [0, 0.05) is 15.6 Å². The van der Waals surface area contributed by atoms with Gasteiger partial charge in [-0.15, -0.1) is 0 Å². The van der Waals surface area contributed by atoms with Crippen molar-refractivity contribution in [2.24, 2.45) is 10.7 Å². The molecule has 0 radical (unpaired) electrons. The standard InChI is InChI=1S/C20H18Cl2N4O3/c1-11-17(18(29-26-11)13-3-5-16(28-2)6-4-13)19(27)25-20(23)24-10-12-7-14(21)9-15(22)8-12/h3-9H,10H2,1-2H3,(H3,23,24,25,27). The maximum absolute atomic E-state index is 12.7. The van der Waals surface area contributed by atoms with Crippen molar-refractivity contribution in [1.82, 2.24) is 10.5 Å². The highest BCUT2D eigenvalue weighted by Crippen LogP contribution is 2.27. The third-order valence-corrected chi connectivity index (χ3v) is 4.47. The molecule has 29 heavy (non-hydrogen) atoms. The molecule has 0 aliphatic carbocycles. The Labute approximate surface area is 177 Å². The lowest BCUT2D eigenvalue weighted by molar-refractivity contribution is 0.0976. The van der Waals surface area contributed by atoms with Gasteiger partial charge in [0.2, 0.25) is 0 Å². The number of halogens is 2. The lowest BCUT2D eigenvalue weighted by Crippen LogP contribution is -2.37. The van der Waals surface area contributed by atoms with E-state index >= 15 is 0 Å². The number of nitrogens with zero attached hydrogens (tertiary/aromatic N) is 2. The summed E-state index contributed by atoms with van der Waals surface area (Å²) in [5.74, 6) is 0.498. The normalized spacial score (nSPS) is 11.4. The SMILES string of the molecule is COc1ccc(-c2onc(C)c2C(=O)NC(N)=NCc2cc(Cl)cc(Cl)c2)cc1. The first-order valence-electron chi connectivity index (χ1n) is 8.54. The van der Waals surface area contributed by atoms with E-state index in [9.17, 15) is 4.79 Å². The number of rotatable bonds is 5. The number of ether oxygens (including phenoxy) is 1. The van der Waals surface area contributed by atoms with Crippen LogP contribution in [0, 0.1) is 6.92 Å². The van der Waals surface area contributed by atoms with Gasteiger partial charge in [-0.1, -0.05) is 28.4 Å². The van der Waals surface area contributed by atoms with E-state index in [1.807, 2.05) is 0 Å². The molecule has 0 unspecified atom stereocenters. The van der Waals surface area contributed by atoms with Gasteiger partial charge < -0.3 is 15.0 Å². The van der Waals surface area contributed by atoms with Gasteiger partial charge in [0.1, 0.15) is 11.3 Å². The van der Waals surface area contributed by atoms with E-state index in [0.29, 0.717) is 32.8 Å². The van der Waals surface area contributed by atoms with Gasteiger partial charge >= 0.3 is 0 Å². The van der Waals surface area contributed by atoms with Crippen molar-refractivity contribution < 1.29 is 14.1 Å². The Hall–Kier alpha value is -3.03. The molecule has 0 aliphatic heterocycles. The highest BCUT2D eigenvalue weighted by Gasteiger charge is 2.22. The summed E-state index contributed by atoms with van der Waals surface area (Å²) in [6.07, 6.45) is 0. The van der Waals surface area contributed by atoms with Crippen molar-refractivity contribution in [2.75, 3.05) is 7.11 Å². The number of hydrogen-bond donors (Lipinski definition) is 2. The third kappa shape index (κ3) is 5.07. The molecule has 3 aromatic rings. The van der Waals surface area contributed by atoms with Crippen LogP contribution in [0.1, 0.15) is 21.6 Å². The van der Waals surface area contributed by atoms with Gasteiger partial charge in [-0.2, -0.15) is 0 Å². The largest absolute Gasteiger partial charge is 0.497 e. The highest BCUT2D eigenvalue weighted by atomic mass is 35.5. The molecule has 0 aliphatic rings. The first-order chi connectivity index (χ1) is 13.9. The van der Waals surface area contributed by atoms with Gasteiger partial charge in [-0.3, -0.25) is 10.1 Å². The molecule has 3 rings (SSSR count). The Morgan fingerprint density at radius 1 is 1.21 bits per heavy atom. The van der Waals surface area contributed by atoms with E-state index in [0.717, 1.165) is 5.56 Å². The fraction of sp³-hybridized carbons (Fsp3) is 0.150. The minimum atomic E-state index is -0.472. The van der Waals surface area contributed by atoms with Gasteiger partial charge in [0.25, 0.3) is 5.91 Å². The van der Waals surface area contributed by atoms with Crippen LogP contribution in [0.3, 0.4) is 0 Å². The number of aryl methyl sites for hydroxylation is 1. The number of amides is 1. The molecule has 150 valence electrons. The lowest BCUT2D eigenvalue weighted by Gasteiger charge is -2.06. The second kappa shape index (κ2) is 8.98.